The fraction of sp³-hybridized carbons (Fsp3) is 0.194. The summed E-state index contributed by atoms with van der Waals surface area (Å²) in [6, 6.07) is 29.7. The van der Waals surface area contributed by atoms with Gasteiger partial charge in [-0.1, -0.05) is 88.7 Å². The molecule has 0 spiro atoms. The molecule has 0 fully saturated rings. The lowest BCUT2D eigenvalue weighted by atomic mass is 9.70. The molecule has 2 N–H and O–H groups in total. The van der Waals surface area contributed by atoms with Crippen molar-refractivity contribution >= 4 is 37.6 Å². The standard InChI is InChI=1S/C31H29BrN2O2/c1-33-18-17-31(35,27-14-8-12-21-9-6-7-13-25(21)27)29(22-10-4-3-5-11-22)26-20-23-19-24(32)15-16-28(23)34-30(26)36-2/h3-16,19-20,29,33,35H,17-18H2,1-2H3/t29-,31-/m1/s1/i1D3,2D3. The van der Waals surface area contributed by atoms with Gasteiger partial charge in [-0.25, -0.2) is 4.98 Å². The summed E-state index contributed by atoms with van der Waals surface area (Å²) >= 11 is 3.50. The van der Waals surface area contributed by atoms with E-state index in [0.29, 0.717) is 27.6 Å². The number of nitrogens with one attached hydrogen (secondary N) is 1. The molecule has 5 heteroatoms. The maximum absolute atomic E-state index is 13.0. The van der Waals surface area contributed by atoms with Gasteiger partial charge in [0.1, 0.15) is 5.60 Å². The minimum Gasteiger partial charge on any atom is -0.481 e. The van der Waals surface area contributed by atoms with Gasteiger partial charge < -0.3 is 15.2 Å². The monoisotopic (exact) mass is 546 g/mol. The molecule has 36 heavy (non-hydrogen) atoms. The molecule has 1 aromatic heterocycles. The highest BCUT2D eigenvalue weighted by atomic mass is 79.9. The minimum absolute atomic E-state index is 0.0251. The van der Waals surface area contributed by atoms with Crippen molar-refractivity contribution in [3.05, 3.63) is 118 Å². The summed E-state index contributed by atoms with van der Waals surface area (Å²) in [5.74, 6) is -1.04. The van der Waals surface area contributed by atoms with Gasteiger partial charge in [-0.05, 0) is 66.1 Å². The van der Waals surface area contributed by atoms with E-state index < -0.39 is 25.5 Å². The van der Waals surface area contributed by atoms with Gasteiger partial charge in [-0.3, -0.25) is 0 Å². The van der Waals surface area contributed by atoms with E-state index in [1.807, 2.05) is 78.9 Å². The lowest BCUT2D eigenvalue weighted by Crippen LogP contribution is -2.37. The smallest absolute Gasteiger partial charge is 0.217 e. The number of pyridine rings is 1. The molecule has 2 atom stereocenters. The molecule has 0 radical (unpaired) electrons. The average molecular weight is 548 g/mol. The van der Waals surface area contributed by atoms with Crippen molar-refractivity contribution in [2.45, 2.75) is 17.9 Å². The first-order valence-electron chi connectivity index (χ1n) is 14.6. The van der Waals surface area contributed by atoms with Crippen molar-refractivity contribution in [2.24, 2.45) is 0 Å². The molecule has 4 aromatic carbocycles. The maximum Gasteiger partial charge on any atom is 0.217 e. The predicted octanol–water partition coefficient (Wildman–Crippen LogP) is 6.79. The molecule has 0 aliphatic carbocycles. The summed E-state index contributed by atoms with van der Waals surface area (Å²) in [4.78, 5) is 4.62. The molecular formula is C31H29BrN2O2. The molecule has 0 amide bonds. The SMILES string of the molecule is [2H]C([2H])([2H])NCC[C@@](O)(c1cccc2ccccc12)[C@H](c1ccccc1)c1cc2cc(Br)ccc2nc1OC([2H])([2H])[2H]. The van der Waals surface area contributed by atoms with Gasteiger partial charge in [0.25, 0.3) is 0 Å². The first-order chi connectivity index (χ1) is 19.8. The van der Waals surface area contributed by atoms with Crippen molar-refractivity contribution in [1.29, 1.82) is 0 Å². The van der Waals surface area contributed by atoms with Crippen LogP contribution in [0.25, 0.3) is 21.7 Å². The Morgan fingerprint density at radius 2 is 1.78 bits per heavy atom. The van der Waals surface area contributed by atoms with Crippen molar-refractivity contribution in [3.8, 4) is 5.88 Å². The zero-order valence-electron chi connectivity index (χ0n) is 25.4. The number of halogens is 1. The van der Waals surface area contributed by atoms with E-state index in [-0.39, 0.29) is 18.8 Å². The van der Waals surface area contributed by atoms with Crippen LogP contribution in [0.4, 0.5) is 0 Å². The molecule has 0 saturated carbocycles. The molecule has 1 heterocycles. The van der Waals surface area contributed by atoms with E-state index >= 15 is 0 Å². The zero-order chi connectivity index (χ0) is 30.1. The molecule has 0 bridgehead atoms. The third-order valence-corrected chi connectivity index (χ3v) is 7.17. The highest BCUT2D eigenvalue weighted by molar-refractivity contribution is 9.10. The predicted molar refractivity (Wildman–Crippen MR) is 151 cm³/mol. The highest BCUT2D eigenvalue weighted by Gasteiger charge is 2.42. The number of benzene rings is 4. The highest BCUT2D eigenvalue weighted by Crippen LogP contribution is 2.48. The molecular weight excluding hydrogens is 512 g/mol. The van der Waals surface area contributed by atoms with Gasteiger partial charge in [0, 0.05) is 25.5 Å². The number of rotatable bonds is 8. The van der Waals surface area contributed by atoms with Gasteiger partial charge in [0.2, 0.25) is 5.88 Å². The van der Waals surface area contributed by atoms with Crippen LogP contribution < -0.4 is 10.1 Å². The van der Waals surface area contributed by atoms with E-state index in [1.54, 1.807) is 18.2 Å². The van der Waals surface area contributed by atoms with E-state index in [9.17, 15) is 5.11 Å². The number of methoxy groups -OCH3 is 1. The van der Waals surface area contributed by atoms with E-state index in [4.69, 9.17) is 13.0 Å². The second-order valence-electron chi connectivity index (χ2n) is 8.79. The Bertz CT molecular complexity index is 1710. The van der Waals surface area contributed by atoms with Gasteiger partial charge in [0.05, 0.1) is 16.7 Å². The number of hydrogen-bond acceptors (Lipinski definition) is 4. The van der Waals surface area contributed by atoms with Crippen LogP contribution in [-0.2, 0) is 5.60 Å². The molecule has 0 unspecified atom stereocenters. The number of hydrogen-bond donors (Lipinski definition) is 2. The van der Waals surface area contributed by atoms with Gasteiger partial charge in [-0.2, -0.15) is 0 Å². The Morgan fingerprint density at radius 3 is 2.61 bits per heavy atom. The third kappa shape index (κ3) is 4.50. The summed E-state index contributed by atoms with van der Waals surface area (Å²) in [6.45, 7) is -2.48. The van der Waals surface area contributed by atoms with Crippen LogP contribution in [0.15, 0.2) is 102 Å². The van der Waals surface area contributed by atoms with Crippen molar-refractivity contribution < 1.29 is 18.1 Å². The summed E-state index contributed by atoms with van der Waals surface area (Å²) in [6.07, 6.45) is -0.0251. The number of ether oxygens (including phenoxy) is 1. The largest absolute Gasteiger partial charge is 0.481 e. The first-order valence-corrected chi connectivity index (χ1v) is 12.4. The van der Waals surface area contributed by atoms with E-state index in [1.165, 1.54) is 0 Å². The zero-order valence-corrected chi connectivity index (χ0v) is 21.0. The Labute approximate surface area is 228 Å². The molecule has 5 aromatic rings. The Balaban J connectivity index is 1.83. The number of aromatic nitrogens is 1. The van der Waals surface area contributed by atoms with Crippen LogP contribution in [-0.4, -0.2) is 30.6 Å². The number of aliphatic hydroxyl groups is 1. The molecule has 0 saturated heterocycles. The van der Waals surface area contributed by atoms with Crippen molar-refractivity contribution in [3.63, 3.8) is 0 Å². The van der Waals surface area contributed by atoms with Crippen LogP contribution in [0.5, 0.6) is 5.88 Å². The Kier molecular flexibility index (Phi) is 5.21. The second kappa shape index (κ2) is 10.4. The van der Waals surface area contributed by atoms with E-state index in [0.717, 1.165) is 15.2 Å². The van der Waals surface area contributed by atoms with Crippen LogP contribution in [0.3, 0.4) is 0 Å². The Morgan fingerprint density at radius 1 is 0.972 bits per heavy atom. The fourth-order valence-electron chi connectivity index (χ4n) is 5.08. The maximum atomic E-state index is 13.0. The summed E-state index contributed by atoms with van der Waals surface area (Å²) in [5, 5.41) is 18.0. The Hall–Kier alpha value is -3.25. The van der Waals surface area contributed by atoms with Crippen molar-refractivity contribution in [2.75, 3.05) is 20.6 Å². The molecule has 5 rings (SSSR count). The van der Waals surface area contributed by atoms with E-state index in [2.05, 4.69) is 26.2 Å². The number of nitrogens with zero attached hydrogens (tertiary/aromatic N) is 1. The third-order valence-electron chi connectivity index (χ3n) is 6.67. The average Bonchev–Trinajstić information content (AvgIpc) is 2.92. The molecule has 0 aliphatic rings. The summed E-state index contributed by atoms with van der Waals surface area (Å²) < 4.78 is 53.1. The van der Waals surface area contributed by atoms with Crippen LogP contribution >= 0.6 is 15.9 Å². The van der Waals surface area contributed by atoms with Gasteiger partial charge in [-0.15, -0.1) is 0 Å². The lowest BCUT2D eigenvalue weighted by Gasteiger charge is -2.39. The summed E-state index contributed by atoms with van der Waals surface area (Å²) in [7, 11) is -2.81. The molecule has 182 valence electrons. The molecule has 4 nitrogen and oxygen atoms in total. The molecule has 0 aliphatic heterocycles. The van der Waals surface area contributed by atoms with Crippen LogP contribution in [0, 0.1) is 0 Å². The van der Waals surface area contributed by atoms with Crippen LogP contribution in [0.1, 0.15) is 37.3 Å². The summed E-state index contributed by atoms with van der Waals surface area (Å²) in [5.41, 5.74) is 0.372. The van der Waals surface area contributed by atoms with Crippen LogP contribution in [0.2, 0.25) is 0 Å². The second-order valence-corrected chi connectivity index (χ2v) is 9.71. The van der Waals surface area contributed by atoms with Gasteiger partial charge in [0.15, 0.2) is 0 Å². The first kappa shape index (κ1) is 18.1. The fourth-order valence-corrected chi connectivity index (χ4v) is 5.46. The quantitative estimate of drug-likeness (QED) is 0.225. The normalized spacial score (nSPS) is 17.2. The minimum atomic E-state index is -2.81. The number of fused-ring (bicyclic) bond motifs is 2. The van der Waals surface area contributed by atoms with Gasteiger partial charge >= 0.3 is 0 Å². The topological polar surface area (TPSA) is 54.4 Å². The lowest BCUT2D eigenvalue weighted by molar-refractivity contribution is 0.0118. The van der Waals surface area contributed by atoms with Crippen molar-refractivity contribution in [1.82, 2.24) is 10.3 Å².